The van der Waals surface area contributed by atoms with E-state index in [-0.39, 0.29) is 5.91 Å². The van der Waals surface area contributed by atoms with E-state index >= 15 is 0 Å². The van der Waals surface area contributed by atoms with Crippen LogP contribution in [0.5, 0.6) is 0 Å². The third kappa shape index (κ3) is 3.88. The fourth-order valence-electron chi connectivity index (χ4n) is 2.83. The molecule has 2 aromatic carbocycles. The van der Waals surface area contributed by atoms with Crippen LogP contribution in [0.2, 0.25) is 0 Å². The van der Waals surface area contributed by atoms with Crippen molar-refractivity contribution in [3.05, 3.63) is 94.8 Å². The van der Waals surface area contributed by atoms with Crippen LogP contribution < -0.4 is 5.43 Å². The third-order valence-corrected chi connectivity index (χ3v) is 4.92. The first kappa shape index (κ1) is 17.0. The van der Waals surface area contributed by atoms with Crippen molar-refractivity contribution in [3.63, 3.8) is 0 Å². The Balaban J connectivity index is 1.67. The number of rotatable bonds is 5. The Bertz CT molecular complexity index is 1050. The molecule has 4 rings (SSSR count). The van der Waals surface area contributed by atoms with Crippen LogP contribution in [0.1, 0.15) is 15.4 Å². The highest BCUT2D eigenvalue weighted by Gasteiger charge is 2.17. The Morgan fingerprint density at radius 2 is 1.63 bits per heavy atom. The molecule has 132 valence electrons. The van der Waals surface area contributed by atoms with Gasteiger partial charge in [0.2, 0.25) is 0 Å². The maximum atomic E-state index is 12.8. The van der Waals surface area contributed by atoms with E-state index in [1.54, 1.807) is 17.6 Å². The number of thiophene rings is 1. The number of benzene rings is 2. The van der Waals surface area contributed by atoms with E-state index in [0.29, 0.717) is 5.69 Å². The fourth-order valence-corrected chi connectivity index (χ4v) is 3.41. The molecule has 0 spiro atoms. The SMILES string of the molecule is O=C(N/N=C\c1cccs1)c1[nH]c(-c2ccccc2)cc1-c1ccccc1. The van der Waals surface area contributed by atoms with Crippen molar-refractivity contribution in [2.45, 2.75) is 0 Å². The Morgan fingerprint density at radius 1 is 0.926 bits per heavy atom. The minimum absolute atomic E-state index is 0.274. The molecule has 4 nitrogen and oxygen atoms in total. The highest BCUT2D eigenvalue weighted by molar-refractivity contribution is 7.11. The minimum atomic E-state index is -0.274. The lowest BCUT2D eigenvalue weighted by Gasteiger charge is -2.03. The van der Waals surface area contributed by atoms with Gasteiger partial charge in [0.05, 0.1) is 6.21 Å². The molecule has 27 heavy (non-hydrogen) atoms. The monoisotopic (exact) mass is 371 g/mol. The van der Waals surface area contributed by atoms with Gasteiger partial charge in [0.15, 0.2) is 0 Å². The summed E-state index contributed by atoms with van der Waals surface area (Å²) in [5.41, 5.74) is 6.84. The van der Waals surface area contributed by atoms with Crippen molar-refractivity contribution in [2.75, 3.05) is 0 Å². The summed E-state index contributed by atoms with van der Waals surface area (Å²) in [6.07, 6.45) is 1.64. The van der Waals surface area contributed by atoms with E-state index in [9.17, 15) is 4.79 Å². The van der Waals surface area contributed by atoms with Gasteiger partial charge in [0.25, 0.3) is 5.91 Å². The predicted octanol–water partition coefficient (Wildman–Crippen LogP) is 5.17. The summed E-state index contributed by atoms with van der Waals surface area (Å²) < 4.78 is 0. The van der Waals surface area contributed by atoms with Gasteiger partial charge in [-0.15, -0.1) is 11.3 Å². The molecule has 5 heteroatoms. The van der Waals surface area contributed by atoms with E-state index in [4.69, 9.17) is 0 Å². The van der Waals surface area contributed by atoms with Crippen molar-refractivity contribution in [1.29, 1.82) is 0 Å². The number of nitrogens with one attached hydrogen (secondary N) is 2. The summed E-state index contributed by atoms with van der Waals surface area (Å²) in [7, 11) is 0. The van der Waals surface area contributed by atoms with Crippen LogP contribution in [0.3, 0.4) is 0 Å². The molecule has 0 saturated heterocycles. The number of amides is 1. The maximum Gasteiger partial charge on any atom is 0.288 e. The van der Waals surface area contributed by atoms with Crippen LogP contribution in [0.4, 0.5) is 0 Å². The zero-order chi connectivity index (χ0) is 18.5. The molecule has 0 bridgehead atoms. The number of aromatic amines is 1. The largest absolute Gasteiger partial charge is 0.350 e. The average Bonchev–Trinajstić information content (AvgIpc) is 3.39. The van der Waals surface area contributed by atoms with Crippen molar-refractivity contribution in [2.24, 2.45) is 5.10 Å². The van der Waals surface area contributed by atoms with Gasteiger partial charge in [-0.05, 0) is 28.6 Å². The second-order valence-corrected chi connectivity index (χ2v) is 6.90. The van der Waals surface area contributed by atoms with Crippen LogP contribution in [-0.2, 0) is 0 Å². The zero-order valence-electron chi connectivity index (χ0n) is 14.4. The van der Waals surface area contributed by atoms with Crippen LogP contribution in [-0.4, -0.2) is 17.1 Å². The molecule has 0 fully saturated rings. The minimum Gasteiger partial charge on any atom is -0.350 e. The summed E-state index contributed by atoms with van der Waals surface area (Å²) in [6.45, 7) is 0. The zero-order valence-corrected chi connectivity index (χ0v) is 15.2. The van der Waals surface area contributed by atoms with Gasteiger partial charge in [0.1, 0.15) is 5.69 Å². The summed E-state index contributed by atoms with van der Waals surface area (Å²) in [5.74, 6) is -0.274. The number of hydrazone groups is 1. The van der Waals surface area contributed by atoms with Crippen molar-refractivity contribution < 1.29 is 4.79 Å². The van der Waals surface area contributed by atoms with Gasteiger partial charge in [-0.3, -0.25) is 4.79 Å². The Labute approximate surface area is 161 Å². The summed E-state index contributed by atoms with van der Waals surface area (Å²) in [4.78, 5) is 17.0. The lowest BCUT2D eigenvalue weighted by molar-refractivity contribution is 0.0951. The van der Waals surface area contributed by atoms with Gasteiger partial charge >= 0.3 is 0 Å². The van der Waals surface area contributed by atoms with Gasteiger partial charge in [-0.1, -0.05) is 66.7 Å². The number of hydrogen-bond acceptors (Lipinski definition) is 3. The summed E-state index contributed by atoms with van der Waals surface area (Å²) in [6, 6.07) is 25.7. The van der Waals surface area contributed by atoms with Crippen LogP contribution in [0.25, 0.3) is 22.4 Å². The smallest absolute Gasteiger partial charge is 0.288 e. The molecule has 1 amide bonds. The molecule has 0 atom stereocenters. The van der Waals surface area contributed by atoms with Crippen LogP contribution in [0.15, 0.2) is 89.3 Å². The van der Waals surface area contributed by atoms with E-state index in [1.165, 1.54) is 0 Å². The maximum absolute atomic E-state index is 12.8. The average molecular weight is 371 g/mol. The van der Waals surface area contributed by atoms with E-state index in [0.717, 1.165) is 27.3 Å². The topological polar surface area (TPSA) is 57.2 Å². The molecule has 0 aliphatic heterocycles. The highest BCUT2D eigenvalue weighted by atomic mass is 32.1. The number of hydrogen-bond donors (Lipinski definition) is 2. The number of nitrogens with zero attached hydrogens (tertiary/aromatic N) is 1. The fraction of sp³-hybridized carbons (Fsp3) is 0. The molecule has 0 saturated carbocycles. The molecule has 2 heterocycles. The van der Waals surface area contributed by atoms with Crippen LogP contribution >= 0.6 is 11.3 Å². The molecule has 0 aliphatic carbocycles. The van der Waals surface area contributed by atoms with E-state index < -0.39 is 0 Å². The summed E-state index contributed by atoms with van der Waals surface area (Å²) >= 11 is 1.56. The molecular formula is C22H17N3OS. The number of H-pyrrole nitrogens is 1. The molecule has 0 aliphatic rings. The van der Waals surface area contributed by atoms with Gasteiger partial charge in [-0.2, -0.15) is 5.10 Å². The Kier molecular flexibility index (Phi) is 4.94. The molecule has 2 N–H and O–H groups in total. The standard InChI is InChI=1S/C22H17N3OS/c26-22(25-23-15-18-12-7-13-27-18)21-19(16-8-3-1-4-9-16)14-20(24-21)17-10-5-2-6-11-17/h1-15,24H,(H,25,26)/b23-15-. The first-order valence-electron chi connectivity index (χ1n) is 8.52. The highest BCUT2D eigenvalue weighted by Crippen LogP contribution is 2.29. The second-order valence-electron chi connectivity index (χ2n) is 5.92. The molecule has 0 radical (unpaired) electrons. The number of carbonyl (C=O) groups excluding carboxylic acids is 1. The molecule has 0 unspecified atom stereocenters. The van der Waals surface area contributed by atoms with E-state index in [2.05, 4.69) is 15.5 Å². The first-order chi connectivity index (χ1) is 13.3. The normalized spacial score (nSPS) is 11.0. The van der Waals surface area contributed by atoms with Gasteiger partial charge in [0, 0.05) is 16.1 Å². The second kappa shape index (κ2) is 7.85. The first-order valence-corrected chi connectivity index (χ1v) is 9.40. The lowest BCUT2D eigenvalue weighted by Crippen LogP contribution is -2.18. The van der Waals surface area contributed by atoms with Crippen LogP contribution in [0, 0.1) is 0 Å². The van der Waals surface area contributed by atoms with E-state index in [1.807, 2.05) is 84.2 Å². The Hall–Kier alpha value is -3.44. The molecule has 2 aromatic heterocycles. The van der Waals surface area contributed by atoms with Crippen molar-refractivity contribution >= 4 is 23.5 Å². The van der Waals surface area contributed by atoms with Crippen molar-refractivity contribution in [3.8, 4) is 22.4 Å². The third-order valence-electron chi connectivity index (χ3n) is 4.12. The molecular weight excluding hydrogens is 354 g/mol. The predicted molar refractivity (Wildman–Crippen MR) is 111 cm³/mol. The van der Waals surface area contributed by atoms with Gasteiger partial charge < -0.3 is 4.98 Å². The summed E-state index contributed by atoms with van der Waals surface area (Å²) in [5, 5.41) is 6.04. The Morgan fingerprint density at radius 3 is 2.30 bits per heavy atom. The number of aromatic nitrogens is 1. The lowest BCUT2D eigenvalue weighted by atomic mass is 10.0. The van der Waals surface area contributed by atoms with Crippen molar-refractivity contribution in [1.82, 2.24) is 10.4 Å². The quantitative estimate of drug-likeness (QED) is 0.369. The number of carbonyl (C=O) groups is 1. The van der Waals surface area contributed by atoms with Gasteiger partial charge in [-0.25, -0.2) is 5.43 Å². The molecule has 4 aromatic rings.